The van der Waals surface area contributed by atoms with E-state index in [1.54, 1.807) is 42.5 Å². The van der Waals surface area contributed by atoms with Crippen molar-refractivity contribution in [3.05, 3.63) is 126 Å². The minimum absolute atomic E-state index is 0.0879. The Kier molecular flexibility index (Phi) is 15.1. The van der Waals surface area contributed by atoms with Crippen molar-refractivity contribution in [3.63, 3.8) is 0 Å². The molecule has 3 N–H and O–H groups in total. The molecule has 13 nitrogen and oxygen atoms in total. The van der Waals surface area contributed by atoms with Crippen LogP contribution in [0.1, 0.15) is 87.4 Å². The molecular weight excluding hydrogens is 819 g/mol. The zero-order valence-electron chi connectivity index (χ0n) is 35.4. The summed E-state index contributed by atoms with van der Waals surface area (Å²) >= 11 is 0. The van der Waals surface area contributed by atoms with Gasteiger partial charge in [-0.2, -0.15) is 21.4 Å². The number of fused-ring (bicyclic) bond motifs is 2. The highest BCUT2D eigenvalue weighted by Crippen LogP contribution is 2.48. The Morgan fingerprint density at radius 2 is 1.49 bits per heavy atom. The van der Waals surface area contributed by atoms with E-state index >= 15 is 0 Å². The Morgan fingerprint density at radius 1 is 0.820 bits per heavy atom. The van der Waals surface area contributed by atoms with Crippen LogP contribution in [0.4, 0.5) is 11.4 Å². The average Bonchev–Trinajstić information content (AvgIpc) is 3.56. The number of hydrogen-bond donors (Lipinski definition) is 3. The lowest BCUT2D eigenvalue weighted by Gasteiger charge is -2.27. The Labute approximate surface area is 359 Å². The summed E-state index contributed by atoms with van der Waals surface area (Å²) in [6.45, 7) is 15.9. The van der Waals surface area contributed by atoms with Gasteiger partial charge in [0.2, 0.25) is 11.6 Å². The van der Waals surface area contributed by atoms with Gasteiger partial charge in [-0.25, -0.2) is 4.79 Å². The fourth-order valence-electron chi connectivity index (χ4n) is 7.79. The molecule has 3 aromatic carbocycles. The number of nitrogens with one attached hydrogen (secondary N) is 1. The first-order valence-corrected chi connectivity index (χ1v) is 23.1. The molecule has 2 aliphatic rings. The molecule has 2 aliphatic heterocycles. The summed E-state index contributed by atoms with van der Waals surface area (Å²) in [6, 6.07) is 16.2. The lowest BCUT2D eigenvalue weighted by molar-refractivity contribution is -0.433. The number of esters is 1. The molecule has 0 saturated carbocycles. The quantitative estimate of drug-likeness (QED) is 0.0335. The third-order valence-electron chi connectivity index (χ3n) is 11.1. The van der Waals surface area contributed by atoms with E-state index in [1.807, 2.05) is 65.0 Å². The van der Waals surface area contributed by atoms with Crippen molar-refractivity contribution in [1.29, 1.82) is 0 Å². The number of anilines is 1. The predicted octanol–water partition coefficient (Wildman–Crippen LogP) is 7.56. The number of rotatable bonds is 20. The lowest BCUT2D eigenvalue weighted by atomic mass is 9.81. The molecule has 0 spiro atoms. The smallest absolute Gasteiger partial charge is 0.338 e. The van der Waals surface area contributed by atoms with Gasteiger partial charge < -0.3 is 19.7 Å². The van der Waals surface area contributed by atoms with E-state index in [-0.39, 0.29) is 35.5 Å². The molecule has 0 aliphatic carbocycles. The van der Waals surface area contributed by atoms with E-state index in [1.165, 1.54) is 24.3 Å². The number of amides is 1. The Hall–Kier alpha value is -5.19. The van der Waals surface area contributed by atoms with Crippen molar-refractivity contribution >= 4 is 55.3 Å². The van der Waals surface area contributed by atoms with Crippen LogP contribution < -0.4 is 10.2 Å². The molecule has 0 unspecified atom stereocenters. The molecule has 2 heterocycles. The molecule has 0 atom stereocenters. The number of benzene rings is 3. The predicted molar refractivity (Wildman–Crippen MR) is 237 cm³/mol. The minimum atomic E-state index is -4.42. The van der Waals surface area contributed by atoms with Gasteiger partial charge in [0.1, 0.15) is 13.2 Å². The molecule has 5 rings (SSSR count). The Balaban J connectivity index is 1.15. The van der Waals surface area contributed by atoms with E-state index in [2.05, 4.69) is 21.4 Å². The van der Waals surface area contributed by atoms with Gasteiger partial charge in [-0.1, -0.05) is 63.3 Å². The highest BCUT2D eigenvalue weighted by Gasteiger charge is 2.44. The van der Waals surface area contributed by atoms with Crippen LogP contribution in [0, 0.1) is 0 Å². The third kappa shape index (κ3) is 11.2. The molecule has 0 aromatic heterocycles. The van der Waals surface area contributed by atoms with Gasteiger partial charge in [0.15, 0.2) is 5.71 Å². The van der Waals surface area contributed by atoms with E-state index in [0.29, 0.717) is 38.0 Å². The normalized spacial score (nSPS) is 16.4. The van der Waals surface area contributed by atoms with Gasteiger partial charge >= 0.3 is 5.97 Å². The molecule has 15 heteroatoms. The molecule has 3 aromatic rings. The van der Waals surface area contributed by atoms with E-state index in [9.17, 15) is 35.5 Å². The first-order valence-electron chi connectivity index (χ1n) is 20.3. The van der Waals surface area contributed by atoms with E-state index < -0.39 is 37.0 Å². The van der Waals surface area contributed by atoms with Crippen molar-refractivity contribution < 1.29 is 49.6 Å². The summed E-state index contributed by atoms with van der Waals surface area (Å²) in [5.41, 5.74) is 5.37. The van der Waals surface area contributed by atoms with Crippen molar-refractivity contribution in [2.24, 2.45) is 0 Å². The van der Waals surface area contributed by atoms with Crippen LogP contribution in [0.5, 0.6) is 0 Å². The third-order valence-corrected chi connectivity index (χ3v) is 12.8. The minimum Gasteiger partial charge on any atom is -0.460 e. The maximum absolute atomic E-state index is 12.5. The second kappa shape index (κ2) is 19.7. The first kappa shape index (κ1) is 46.9. The lowest BCUT2D eigenvalue weighted by Crippen LogP contribution is -2.28. The first-order chi connectivity index (χ1) is 28.8. The zero-order valence-corrected chi connectivity index (χ0v) is 37.0. The Morgan fingerprint density at radius 3 is 2.15 bits per heavy atom. The number of unbranched alkanes of at least 4 members (excludes halogenated alkanes) is 2. The van der Waals surface area contributed by atoms with Gasteiger partial charge in [0.25, 0.3) is 20.2 Å². The molecule has 61 heavy (non-hydrogen) atoms. The van der Waals surface area contributed by atoms with E-state index in [4.69, 9.17) is 9.47 Å². The highest BCUT2D eigenvalue weighted by atomic mass is 32.2. The molecule has 1 amide bonds. The number of carbonyl (C=O) groups excluding carboxylic acids is 2. The molecule has 0 saturated heterocycles. The summed E-state index contributed by atoms with van der Waals surface area (Å²) in [6.07, 6.45) is 13.9. The average molecular weight is 875 g/mol. The second-order valence-electron chi connectivity index (χ2n) is 15.9. The summed E-state index contributed by atoms with van der Waals surface area (Å²) < 4.78 is 80.3. The van der Waals surface area contributed by atoms with Crippen LogP contribution in [0.2, 0.25) is 0 Å². The summed E-state index contributed by atoms with van der Waals surface area (Å²) in [4.78, 5) is 26.5. The SMILES string of the molecule is C=Cc1ccc(C(=O)OCCOCCNC(=O)CCCCCN2/C(=C/C=C/C=C/C3=[N+](CC)c4ccc(S(=O)(=O)O)cc4C3(C)C)C(C)(C)c3cc(S(=O)(=O)O)ccc32)cc1. The van der Waals surface area contributed by atoms with Crippen molar-refractivity contribution in [2.45, 2.75) is 80.9 Å². The topological polar surface area (TPSA) is 180 Å². The highest BCUT2D eigenvalue weighted by molar-refractivity contribution is 7.86. The van der Waals surface area contributed by atoms with Crippen molar-refractivity contribution in [1.82, 2.24) is 5.32 Å². The molecule has 0 bridgehead atoms. The van der Waals surface area contributed by atoms with Gasteiger partial charge in [0, 0.05) is 54.0 Å². The molecule has 0 fully saturated rings. The van der Waals surface area contributed by atoms with Gasteiger partial charge in [-0.3, -0.25) is 13.9 Å². The van der Waals surface area contributed by atoms with Crippen molar-refractivity contribution in [2.75, 3.05) is 44.4 Å². The number of allylic oxidation sites excluding steroid dienone is 6. The standard InChI is InChI=1S/C46H55N3O10S2/c1-7-33-18-20-34(21-19-33)44(51)59-30-29-58-28-26-47-43(50)17-13-10-14-27-49-40-25-23-36(61(55,56)57)32-38(40)46(5,6)42(49)16-12-9-11-15-41-45(3,4)37-31-35(60(52,53)54)22-24-39(37)48(41)8-2/h7,9,11-12,15-16,18-25,31-32H,1,8,10,13-14,17,26-30H2,2-6H3,(H2-,47,50,52,53,54,55,56,57)/p+1. The zero-order chi connectivity index (χ0) is 44.6. The number of ether oxygens (including phenoxy) is 2. The number of carbonyl (C=O) groups is 2. The summed E-state index contributed by atoms with van der Waals surface area (Å²) in [5, 5.41) is 2.86. The molecular formula is C46H56N3O10S2+. The molecule has 0 radical (unpaired) electrons. The van der Waals surface area contributed by atoms with Gasteiger partial charge in [-0.15, -0.1) is 0 Å². The van der Waals surface area contributed by atoms with Gasteiger partial charge in [0.05, 0.1) is 34.0 Å². The van der Waals surface area contributed by atoms with Crippen LogP contribution in [0.3, 0.4) is 0 Å². The van der Waals surface area contributed by atoms with Crippen LogP contribution in [0.15, 0.2) is 113 Å². The summed E-state index contributed by atoms with van der Waals surface area (Å²) in [5.74, 6) is -0.525. The number of nitrogens with zero attached hydrogens (tertiary/aromatic N) is 2. The molecule has 326 valence electrons. The van der Waals surface area contributed by atoms with E-state index in [0.717, 1.165) is 52.3 Å². The van der Waals surface area contributed by atoms with Crippen molar-refractivity contribution in [3.8, 4) is 0 Å². The fourth-order valence-corrected chi connectivity index (χ4v) is 8.80. The maximum atomic E-state index is 12.5. The van der Waals surface area contributed by atoms with Crippen LogP contribution in [-0.4, -0.2) is 87.6 Å². The number of hydrogen-bond acceptors (Lipinski definition) is 9. The maximum Gasteiger partial charge on any atom is 0.338 e. The fraction of sp³-hybridized carbons (Fsp3) is 0.370. The second-order valence-corrected chi connectivity index (χ2v) is 18.7. The van der Waals surface area contributed by atoms with Crippen LogP contribution in [0.25, 0.3) is 6.08 Å². The Bertz CT molecular complexity index is 2480. The van der Waals surface area contributed by atoms with Crippen LogP contribution in [-0.2, 0) is 45.3 Å². The van der Waals surface area contributed by atoms with Gasteiger partial charge in [-0.05, 0) is 93.3 Å². The monoisotopic (exact) mass is 874 g/mol. The summed E-state index contributed by atoms with van der Waals surface area (Å²) in [7, 11) is -8.78. The van der Waals surface area contributed by atoms with Crippen LogP contribution >= 0.6 is 0 Å². The largest absolute Gasteiger partial charge is 0.460 e.